The van der Waals surface area contributed by atoms with Crippen molar-refractivity contribution in [3.63, 3.8) is 0 Å². The van der Waals surface area contributed by atoms with Crippen LogP contribution in [-0.2, 0) is 9.53 Å². The summed E-state index contributed by atoms with van der Waals surface area (Å²) in [7, 11) is 0. The molecule has 0 aliphatic carbocycles. The maximum atomic E-state index is 11.4. The summed E-state index contributed by atoms with van der Waals surface area (Å²) in [6.07, 6.45) is 20.2. The Bertz CT molecular complexity index is 330. The third kappa shape index (κ3) is 11.7. The molecule has 0 bridgehead atoms. The van der Waals surface area contributed by atoms with E-state index >= 15 is 0 Å². The van der Waals surface area contributed by atoms with Crippen molar-refractivity contribution >= 4 is 5.91 Å². The first-order valence-electron chi connectivity index (χ1n) is 10.3. The van der Waals surface area contributed by atoms with Crippen molar-refractivity contribution in [2.75, 3.05) is 6.54 Å². The molecule has 0 saturated carbocycles. The van der Waals surface area contributed by atoms with Gasteiger partial charge in [-0.3, -0.25) is 4.79 Å². The molecule has 0 aromatic carbocycles. The van der Waals surface area contributed by atoms with E-state index in [1.165, 1.54) is 70.6 Å². The van der Waals surface area contributed by atoms with Gasteiger partial charge in [0.05, 0.1) is 12.2 Å². The average Bonchev–Trinajstić information content (AvgIpc) is 3.33. The van der Waals surface area contributed by atoms with Crippen LogP contribution < -0.4 is 5.32 Å². The van der Waals surface area contributed by atoms with Crippen LogP contribution in [-0.4, -0.2) is 24.7 Å². The van der Waals surface area contributed by atoms with Gasteiger partial charge < -0.3 is 10.1 Å². The van der Waals surface area contributed by atoms with Gasteiger partial charge >= 0.3 is 0 Å². The van der Waals surface area contributed by atoms with Gasteiger partial charge in [0.15, 0.2) is 0 Å². The Labute approximate surface area is 149 Å². The van der Waals surface area contributed by atoms with E-state index in [1.807, 2.05) is 0 Å². The van der Waals surface area contributed by atoms with E-state index in [2.05, 4.69) is 18.8 Å². The van der Waals surface area contributed by atoms with Gasteiger partial charge in [0.1, 0.15) is 0 Å². The minimum Gasteiger partial charge on any atom is -0.370 e. The van der Waals surface area contributed by atoms with E-state index in [-0.39, 0.29) is 5.91 Å². The lowest BCUT2D eigenvalue weighted by atomic mass is 10.0. The highest BCUT2D eigenvalue weighted by Gasteiger charge is 2.36. The standard InChI is InChI=1S/C21H39NO2/c1-3-5-6-7-9-12-15-19-20(24-19)16-13-10-8-11-14-17-21(23)22-18-4-2/h4,19-20H,2-3,5-18H2,1H3,(H,22,23)/t19-,20-/m0/s1. The van der Waals surface area contributed by atoms with Crippen LogP contribution in [0.1, 0.15) is 96.8 Å². The van der Waals surface area contributed by atoms with Crippen LogP contribution in [0.4, 0.5) is 0 Å². The zero-order chi connectivity index (χ0) is 17.5. The number of carbonyl (C=O) groups excluding carboxylic acids is 1. The summed E-state index contributed by atoms with van der Waals surface area (Å²) in [6, 6.07) is 0. The van der Waals surface area contributed by atoms with Crippen LogP contribution in [0.15, 0.2) is 12.7 Å². The molecule has 2 atom stereocenters. The largest absolute Gasteiger partial charge is 0.370 e. The molecule has 0 aromatic heterocycles. The Hall–Kier alpha value is -0.830. The van der Waals surface area contributed by atoms with Crippen molar-refractivity contribution in [1.82, 2.24) is 5.32 Å². The second-order valence-electron chi connectivity index (χ2n) is 7.17. The van der Waals surface area contributed by atoms with Gasteiger partial charge in [0, 0.05) is 13.0 Å². The zero-order valence-electron chi connectivity index (χ0n) is 15.9. The molecular weight excluding hydrogens is 298 g/mol. The molecule has 0 aromatic rings. The van der Waals surface area contributed by atoms with E-state index in [4.69, 9.17) is 4.74 Å². The van der Waals surface area contributed by atoms with Gasteiger partial charge in [-0.2, -0.15) is 0 Å². The lowest BCUT2D eigenvalue weighted by Gasteiger charge is -2.02. The maximum Gasteiger partial charge on any atom is 0.220 e. The van der Waals surface area contributed by atoms with Crippen molar-refractivity contribution in [1.29, 1.82) is 0 Å². The lowest BCUT2D eigenvalue weighted by Crippen LogP contribution is -2.22. The Morgan fingerprint density at radius 1 is 0.917 bits per heavy atom. The number of ether oxygens (including phenoxy) is 1. The number of amides is 1. The van der Waals surface area contributed by atoms with Crippen molar-refractivity contribution in [3.05, 3.63) is 12.7 Å². The molecule has 0 unspecified atom stereocenters. The van der Waals surface area contributed by atoms with Crippen molar-refractivity contribution in [2.24, 2.45) is 0 Å². The number of epoxide rings is 1. The molecule has 1 rings (SSSR count). The summed E-state index contributed by atoms with van der Waals surface area (Å²) in [4.78, 5) is 11.4. The predicted molar refractivity (Wildman–Crippen MR) is 102 cm³/mol. The molecule has 1 saturated heterocycles. The zero-order valence-corrected chi connectivity index (χ0v) is 15.9. The van der Waals surface area contributed by atoms with Crippen molar-refractivity contribution in [2.45, 2.75) is 109 Å². The van der Waals surface area contributed by atoms with E-state index in [1.54, 1.807) is 6.08 Å². The van der Waals surface area contributed by atoms with Crippen LogP contribution in [0.3, 0.4) is 0 Å². The molecule has 1 N–H and O–H groups in total. The summed E-state index contributed by atoms with van der Waals surface area (Å²) in [5.41, 5.74) is 0. The first-order chi connectivity index (χ1) is 11.8. The molecule has 0 radical (unpaired) electrons. The molecule has 1 aliphatic heterocycles. The van der Waals surface area contributed by atoms with Crippen LogP contribution in [0.5, 0.6) is 0 Å². The first kappa shape index (κ1) is 21.2. The molecule has 140 valence electrons. The van der Waals surface area contributed by atoms with Crippen molar-refractivity contribution < 1.29 is 9.53 Å². The lowest BCUT2D eigenvalue weighted by molar-refractivity contribution is -0.121. The summed E-state index contributed by atoms with van der Waals surface area (Å²) in [5.74, 6) is 0.152. The molecule has 1 aliphatic rings. The molecule has 1 amide bonds. The summed E-state index contributed by atoms with van der Waals surface area (Å²) < 4.78 is 5.78. The number of hydrogen-bond acceptors (Lipinski definition) is 2. The van der Waals surface area contributed by atoms with Gasteiger partial charge in [0.2, 0.25) is 5.91 Å². The summed E-state index contributed by atoms with van der Waals surface area (Å²) in [5, 5.41) is 2.82. The Morgan fingerprint density at radius 2 is 1.46 bits per heavy atom. The highest BCUT2D eigenvalue weighted by Crippen LogP contribution is 2.31. The fourth-order valence-corrected chi connectivity index (χ4v) is 3.25. The number of carbonyl (C=O) groups is 1. The third-order valence-corrected chi connectivity index (χ3v) is 4.87. The number of rotatable bonds is 17. The summed E-state index contributed by atoms with van der Waals surface area (Å²) in [6.45, 7) is 6.44. The molecular formula is C21H39NO2. The van der Waals surface area contributed by atoms with Crippen LogP contribution in [0, 0.1) is 0 Å². The average molecular weight is 338 g/mol. The number of nitrogens with one attached hydrogen (secondary N) is 1. The highest BCUT2D eigenvalue weighted by atomic mass is 16.6. The van der Waals surface area contributed by atoms with Gasteiger partial charge in [-0.15, -0.1) is 6.58 Å². The van der Waals surface area contributed by atoms with E-state index in [0.29, 0.717) is 25.2 Å². The SMILES string of the molecule is C=CCNC(=O)CCCCCCC[C@@H]1O[C@H]1CCCCCCCC. The topological polar surface area (TPSA) is 41.6 Å². The first-order valence-corrected chi connectivity index (χ1v) is 10.3. The van der Waals surface area contributed by atoms with Gasteiger partial charge in [-0.1, -0.05) is 77.2 Å². The fraction of sp³-hybridized carbons (Fsp3) is 0.857. The summed E-state index contributed by atoms with van der Waals surface area (Å²) >= 11 is 0. The van der Waals surface area contributed by atoms with E-state index in [0.717, 1.165) is 12.8 Å². The predicted octanol–water partition coefficient (Wildman–Crippen LogP) is 5.54. The van der Waals surface area contributed by atoms with E-state index in [9.17, 15) is 4.79 Å². The molecule has 3 nitrogen and oxygen atoms in total. The molecule has 1 heterocycles. The Morgan fingerprint density at radius 3 is 2.04 bits per heavy atom. The Kier molecular flexibility index (Phi) is 12.8. The minimum absolute atomic E-state index is 0.152. The van der Waals surface area contributed by atoms with E-state index < -0.39 is 0 Å². The monoisotopic (exact) mass is 337 g/mol. The molecule has 1 fully saturated rings. The van der Waals surface area contributed by atoms with Crippen LogP contribution >= 0.6 is 0 Å². The van der Waals surface area contributed by atoms with Gasteiger partial charge in [-0.25, -0.2) is 0 Å². The molecule has 24 heavy (non-hydrogen) atoms. The van der Waals surface area contributed by atoms with Crippen LogP contribution in [0.2, 0.25) is 0 Å². The number of unbranched alkanes of at least 4 members (excludes halogenated alkanes) is 9. The fourth-order valence-electron chi connectivity index (χ4n) is 3.25. The van der Waals surface area contributed by atoms with Crippen LogP contribution in [0.25, 0.3) is 0 Å². The maximum absolute atomic E-state index is 11.4. The quantitative estimate of drug-likeness (QED) is 0.215. The number of hydrogen-bond donors (Lipinski definition) is 1. The third-order valence-electron chi connectivity index (χ3n) is 4.87. The highest BCUT2D eigenvalue weighted by molar-refractivity contribution is 5.75. The Balaban J connectivity index is 1.78. The smallest absolute Gasteiger partial charge is 0.220 e. The minimum atomic E-state index is 0.152. The normalized spacial score (nSPS) is 19.2. The van der Waals surface area contributed by atoms with Gasteiger partial charge in [-0.05, 0) is 19.3 Å². The molecule has 0 spiro atoms. The second-order valence-corrected chi connectivity index (χ2v) is 7.17. The van der Waals surface area contributed by atoms with Crippen molar-refractivity contribution in [3.8, 4) is 0 Å². The van der Waals surface area contributed by atoms with Gasteiger partial charge in [0.25, 0.3) is 0 Å². The molecule has 3 heteroatoms. The second kappa shape index (κ2) is 14.5.